The van der Waals surface area contributed by atoms with Gasteiger partial charge in [-0.15, -0.1) is 0 Å². The molecule has 6 nitrogen and oxygen atoms in total. The number of hydrogen-bond acceptors (Lipinski definition) is 6. The third-order valence-electron chi connectivity index (χ3n) is 4.57. The van der Waals surface area contributed by atoms with Crippen molar-refractivity contribution in [1.82, 2.24) is 15.0 Å². The van der Waals surface area contributed by atoms with Crippen molar-refractivity contribution in [2.24, 2.45) is 5.73 Å². The van der Waals surface area contributed by atoms with Crippen molar-refractivity contribution >= 4 is 0 Å². The van der Waals surface area contributed by atoms with E-state index in [9.17, 15) is 0 Å². The quantitative estimate of drug-likeness (QED) is 0.913. The lowest BCUT2D eigenvalue weighted by Gasteiger charge is -2.31. The van der Waals surface area contributed by atoms with E-state index >= 15 is 0 Å². The molecular weight excluding hydrogens is 268 g/mol. The minimum absolute atomic E-state index is 0.0670. The molecule has 21 heavy (non-hydrogen) atoms. The number of nitrogens with zero attached hydrogens (tertiary/aromatic N) is 3. The second kappa shape index (κ2) is 6.85. The molecule has 1 aromatic heterocycles. The van der Waals surface area contributed by atoms with Gasteiger partial charge in [0.25, 0.3) is 0 Å². The number of rotatable bonds is 4. The van der Waals surface area contributed by atoms with Crippen molar-refractivity contribution in [3.63, 3.8) is 0 Å². The standard InChI is InChI=1S/C15H26N4O2/c1-2-7-19-8-9-20-13(10-19)14-17-15(21-18-14)11-5-3-4-6-12(11)16/h11-13H,2-10,16H2,1H3. The molecule has 0 bridgehead atoms. The molecular formula is C15H26N4O2. The molecule has 0 amide bonds. The monoisotopic (exact) mass is 294 g/mol. The third kappa shape index (κ3) is 3.44. The second-order valence-corrected chi connectivity index (χ2v) is 6.21. The lowest BCUT2D eigenvalue weighted by molar-refractivity contribution is -0.0350. The maximum atomic E-state index is 6.19. The zero-order valence-corrected chi connectivity index (χ0v) is 12.8. The molecule has 2 aliphatic rings. The molecule has 0 spiro atoms. The number of morpholine rings is 1. The van der Waals surface area contributed by atoms with Crippen molar-refractivity contribution in [2.45, 2.75) is 57.1 Å². The van der Waals surface area contributed by atoms with Crippen LogP contribution in [0.1, 0.15) is 62.8 Å². The molecule has 1 saturated heterocycles. The van der Waals surface area contributed by atoms with Gasteiger partial charge in [-0.2, -0.15) is 4.98 Å². The van der Waals surface area contributed by atoms with Gasteiger partial charge in [0, 0.05) is 19.1 Å². The first-order valence-corrected chi connectivity index (χ1v) is 8.21. The Bertz CT molecular complexity index is 449. The number of nitrogens with two attached hydrogens (primary N) is 1. The van der Waals surface area contributed by atoms with Crippen molar-refractivity contribution < 1.29 is 9.26 Å². The molecule has 6 heteroatoms. The summed E-state index contributed by atoms with van der Waals surface area (Å²) < 4.78 is 11.3. The Morgan fingerprint density at radius 3 is 3.00 bits per heavy atom. The van der Waals surface area contributed by atoms with E-state index < -0.39 is 0 Å². The van der Waals surface area contributed by atoms with Crippen LogP contribution < -0.4 is 5.73 Å². The van der Waals surface area contributed by atoms with Crippen LogP contribution in [0.15, 0.2) is 4.52 Å². The predicted molar refractivity (Wildman–Crippen MR) is 78.9 cm³/mol. The van der Waals surface area contributed by atoms with Crippen LogP contribution in [-0.4, -0.2) is 47.3 Å². The van der Waals surface area contributed by atoms with Gasteiger partial charge in [-0.1, -0.05) is 24.9 Å². The maximum Gasteiger partial charge on any atom is 0.231 e. The molecule has 1 aromatic rings. The van der Waals surface area contributed by atoms with Gasteiger partial charge in [0.2, 0.25) is 11.7 Å². The van der Waals surface area contributed by atoms with E-state index in [1.165, 1.54) is 12.8 Å². The summed E-state index contributed by atoms with van der Waals surface area (Å²) in [5.74, 6) is 1.60. The SMILES string of the molecule is CCCN1CCOC(c2noc(C3CCCCC3N)n2)C1. The van der Waals surface area contributed by atoms with E-state index in [0.29, 0.717) is 11.7 Å². The smallest absolute Gasteiger partial charge is 0.231 e. The molecule has 118 valence electrons. The molecule has 2 fully saturated rings. The Morgan fingerprint density at radius 1 is 1.33 bits per heavy atom. The number of ether oxygens (including phenoxy) is 1. The molecule has 1 aliphatic heterocycles. The van der Waals surface area contributed by atoms with E-state index in [4.69, 9.17) is 15.0 Å². The van der Waals surface area contributed by atoms with Gasteiger partial charge in [-0.05, 0) is 25.8 Å². The highest BCUT2D eigenvalue weighted by Gasteiger charge is 2.31. The van der Waals surface area contributed by atoms with Crippen LogP contribution in [0.4, 0.5) is 0 Å². The lowest BCUT2D eigenvalue weighted by atomic mass is 9.85. The van der Waals surface area contributed by atoms with Gasteiger partial charge in [-0.25, -0.2) is 0 Å². The fraction of sp³-hybridized carbons (Fsp3) is 0.867. The molecule has 3 unspecified atom stereocenters. The maximum absolute atomic E-state index is 6.19. The lowest BCUT2D eigenvalue weighted by Crippen LogP contribution is -2.39. The summed E-state index contributed by atoms with van der Waals surface area (Å²) in [4.78, 5) is 6.99. The molecule has 3 rings (SSSR count). The van der Waals surface area contributed by atoms with Crippen LogP contribution in [0.2, 0.25) is 0 Å². The first kappa shape index (κ1) is 14.9. The molecule has 1 aliphatic carbocycles. The summed E-state index contributed by atoms with van der Waals surface area (Å²) in [5, 5.41) is 4.15. The molecule has 2 heterocycles. The van der Waals surface area contributed by atoms with Crippen LogP contribution in [-0.2, 0) is 4.74 Å². The van der Waals surface area contributed by atoms with Crippen LogP contribution in [0.5, 0.6) is 0 Å². The topological polar surface area (TPSA) is 77.4 Å². The average Bonchev–Trinajstić information content (AvgIpc) is 2.98. The van der Waals surface area contributed by atoms with Crippen molar-refractivity contribution in [3.8, 4) is 0 Å². The minimum Gasteiger partial charge on any atom is -0.367 e. The summed E-state index contributed by atoms with van der Waals surface area (Å²) in [5.41, 5.74) is 6.19. The Hall–Kier alpha value is -0.980. The minimum atomic E-state index is -0.0670. The molecule has 0 aromatic carbocycles. The summed E-state index contributed by atoms with van der Waals surface area (Å²) in [6.45, 7) is 5.86. The van der Waals surface area contributed by atoms with Crippen LogP contribution in [0, 0.1) is 0 Å². The fourth-order valence-electron chi connectivity index (χ4n) is 3.37. The highest BCUT2D eigenvalue weighted by Crippen LogP contribution is 2.32. The summed E-state index contributed by atoms with van der Waals surface area (Å²) >= 11 is 0. The van der Waals surface area contributed by atoms with Crippen LogP contribution in [0.3, 0.4) is 0 Å². The van der Waals surface area contributed by atoms with Gasteiger partial charge in [0.15, 0.2) is 0 Å². The van der Waals surface area contributed by atoms with Gasteiger partial charge in [0.1, 0.15) is 6.10 Å². The van der Waals surface area contributed by atoms with E-state index in [0.717, 1.165) is 45.5 Å². The van der Waals surface area contributed by atoms with E-state index in [-0.39, 0.29) is 18.1 Å². The first-order valence-electron chi connectivity index (χ1n) is 8.21. The number of hydrogen-bond donors (Lipinski definition) is 1. The van der Waals surface area contributed by atoms with E-state index in [1.807, 2.05) is 0 Å². The fourth-order valence-corrected chi connectivity index (χ4v) is 3.37. The molecule has 1 saturated carbocycles. The molecule has 2 N–H and O–H groups in total. The van der Waals surface area contributed by atoms with Gasteiger partial charge < -0.3 is 15.0 Å². The highest BCUT2D eigenvalue weighted by molar-refractivity contribution is 5.02. The second-order valence-electron chi connectivity index (χ2n) is 6.21. The first-order chi connectivity index (χ1) is 10.3. The zero-order valence-electron chi connectivity index (χ0n) is 12.8. The normalized spacial score (nSPS) is 31.4. The Labute approximate surface area is 126 Å². The van der Waals surface area contributed by atoms with Gasteiger partial charge in [-0.3, -0.25) is 4.90 Å². The number of aromatic nitrogens is 2. The van der Waals surface area contributed by atoms with Gasteiger partial charge in [0.05, 0.1) is 12.5 Å². The van der Waals surface area contributed by atoms with Crippen LogP contribution >= 0.6 is 0 Å². The van der Waals surface area contributed by atoms with Crippen molar-refractivity contribution in [2.75, 3.05) is 26.2 Å². The summed E-state index contributed by atoms with van der Waals surface area (Å²) in [6, 6.07) is 0.149. The van der Waals surface area contributed by atoms with E-state index in [1.54, 1.807) is 0 Å². The Balaban J connectivity index is 1.66. The highest BCUT2D eigenvalue weighted by atomic mass is 16.5. The Kier molecular flexibility index (Phi) is 4.87. The van der Waals surface area contributed by atoms with Crippen LogP contribution in [0.25, 0.3) is 0 Å². The molecule has 0 radical (unpaired) electrons. The van der Waals surface area contributed by atoms with Crippen molar-refractivity contribution in [1.29, 1.82) is 0 Å². The third-order valence-corrected chi connectivity index (χ3v) is 4.57. The van der Waals surface area contributed by atoms with Crippen molar-refractivity contribution in [3.05, 3.63) is 11.7 Å². The largest absolute Gasteiger partial charge is 0.367 e. The van der Waals surface area contributed by atoms with Gasteiger partial charge >= 0.3 is 0 Å². The molecule has 3 atom stereocenters. The van der Waals surface area contributed by atoms with E-state index in [2.05, 4.69) is 22.0 Å². The summed E-state index contributed by atoms with van der Waals surface area (Å²) in [7, 11) is 0. The zero-order chi connectivity index (χ0) is 14.7. The predicted octanol–water partition coefficient (Wildman–Crippen LogP) is 1.84. The average molecular weight is 294 g/mol. The Morgan fingerprint density at radius 2 is 2.19 bits per heavy atom. The summed E-state index contributed by atoms with van der Waals surface area (Å²) in [6.07, 6.45) is 5.59.